The van der Waals surface area contributed by atoms with E-state index in [1.807, 2.05) is 30.3 Å². The first-order valence-electron chi connectivity index (χ1n) is 9.10. The van der Waals surface area contributed by atoms with Gasteiger partial charge in [0.25, 0.3) is 5.56 Å². The number of thiophene rings is 1. The van der Waals surface area contributed by atoms with Crippen LogP contribution in [0.3, 0.4) is 0 Å². The van der Waals surface area contributed by atoms with Crippen LogP contribution in [-0.4, -0.2) is 22.5 Å². The van der Waals surface area contributed by atoms with Crippen molar-refractivity contribution in [2.45, 2.75) is 43.0 Å². The van der Waals surface area contributed by atoms with E-state index in [0.29, 0.717) is 11.8 Å². The van der Waals surface area contributed by atoms with Gasteiger partial charge in [-0.05, 0) is 43.7 Å². The van der Waals surface area contributed by atoms with Gasteiger partial charge in [0.05, 0.1) is 12.0 Å². The van der Waals surface area contributed by atoms with E-state index in [0.717, 1.165) is 47.0 Å². The molecule has 27 heavy (non-hydrogen) atoms. The van der Waals surface area contributed by atoms with Gasteiger partial charge in [-0.1, -0.05) is 42.1 Å². The smallest absolute Gasteiger partial charge is 0.324 e. The number of rotatable bonds is 5. The Labute approximate surface area is 165 Å². The Kier molecular flexibility index (Phi) is 5.31. The van der Waals surface area contributed by atoms with Gasteiger partial charge in [-0.2, -0.15) is 0 Å². The summed E-state index contributed by atoms with van der Waals surface area (Å²) in [5.74, 6) is -0.332. The van der Waals surface area contributed by atoms with Gasteiger partial charge < -0.3 is 9.72 Å². The molecule has 1 aliphatic rings. The molecular formula is C20H20N2O3S2. The molecule has 5 nitrogen and oxygen atoms in total. The quantitative estimate of drug-likeness (QED) is 0.394. The molecule has 1 atom stereocenters. The Morgan fingerprint density at radius 3 is 2.85 bits per heavy atom. The first-order chi connectivity index (χ1) is 13.2. The molecule has 7 heteroatoms. The van der Waals surface area contributed by atoms with Gasteiger partial charge in [-0.25, -0.2) is 4.98 Å². The van der Waals surface area contributed by atoms with E-state index < -0.39 is 5.25 Å². The van der Waals surface area contributed by atoms with Crippen LogP contribution in [-0.2, 0) is 22.4 Å². The fraction of sp³-hybridized carbons (Fsp3) is 0.350. The SMILES string of the molecule is CCOC(=O)C(Sc1nc2sc3c(c2c(=O)[nH]1)CCCC3)c1ccccc1. The van der Waals surface area contributed by atoms with Crippen molar-refractivity contribution >= 4 is 39.3 Å². The van der Waals surface area contributed by atoms with Crippen molar-refractivity contribution in [3.63, 3.8) is 0 Å². The lowest BCUT2D eigenvalue weighted by Gasteiger charge is -2.15. The number of carbonyl (C=O) groups excluding carboxylic acids is 1. The van der Waals surface area contributed by atoms with E-state index in [9.17, 15) is 9.59 Å². The van der Waals surface area contributed by atoms with Crippen LogP contribution in [0.15, 0.2) is 40.3 Å². The van der Waals surface area contributed by atoms with Crippen LogP contribution in [0.4, 0.5) is 0 Å². The largest absolute Gasteiger partial charge is 0.465 e. The highest BCUT2D eigenvalue weighted by molar-refractivity contribution is 8.00. The molecule has 2 heterocycles. The number of aromatic nitrogens is 2. The molecule has 0 fully saturated rings. The number of fused-ring (bicyclic) bond motifs is 3. The molecule has 1 aliphatic carbocycles. The van der Waals surface area contributed by atoms with Crippen molar-refractivity contribution in [1.82, 2.24) is 9.97 Å². The molecule has 4 rings (SSSR count). The van der Waals surface area contributed by atoms with Gasteiger partial charge in [-0.3, -0.25) is 9.59 Å². The zero-order valence-electron chi connectivity index (χ0n) is 15.0. The first-order valence-corrected chi connectivity index (χ1v) is 10.8. The molecular weight excluding hydrogens is 380 g/mol. The lowest BCUT2D eigenvalue weighted by Crippen LogP contribution is -2.15. The average molecular weight is 401 g/mol. The highest BCUT2D eigenvalue weighted by atomic mass is 32.2. The second kappa shape index (κ2) is 7.86. The number of esters is 1. The Morgan fingerprint density at radius 2 is 2.07 bits per heavy atom. The number of ether oxygens (including phenoxy) is 1. The standard InChI is InChI=1S/C20H20N2O3S2/c1-2-25-19(24)16(12-8-4-3-5-9-12)27-20-21-17(23)15-13-10-6-7-11-14(13)26-18(15)22-20/h3-5,8-9,16H,2,6-7,10-11H2,1H3,(H,21,22,23). The summed E-state index contributed by atoms with van der Waals surface area (Å²) >= 11 is 2.84. The molecule has 1 aromatic carbocycles. The summed E-state index contributed by atoms with van der Waals surface area (Å²) in [6.45, 7) is 2.09. The fourth-order valence-electron chi connectivity index (χ4n) is 3.41. The average Bonchev–Trinajstić information content (AvgIpc) is 3.05. The van der Waals surface area contributed by atoms with Crippen molar-refractivity contribution in [2.24, 2.45) is 0 Å². The Bertz CT molecular complexity index is 1030. The van der Waals surface area contributed by atoms with Crippen LogP contribution in [0.25, 0.3) is 10.2 Å². The van der Waals surface area contributed by atoms with E-state index in [-0.39, 0.29) is 11.5 Å². The lowest BCUT2D eigenvalue weighted by atomic mass is 9.97. The first kappa shape index (κ1) is 18.3. The van der Waals surface area contributed by atoms with Gasteiger partial charge >= 0.3 is 5.97 Å². The van der Waals surface area contributed by atoms with Crippen LogP contribution >= 0.6 is 23.1 Å². The third kappa shape index (κ3) is 3.66. The summed E-state index contributed by atoms with van der Waals surface area (Å²) in [5.41, 5.74) is 1.88. The molecule has 0 aliphatic heterocycles. The summed E-state index contributed by atoms with van der Waals surface area (Å²) in [4.78, 5) is 34.8. The third-order valence-electron chi connectivity index (χ3n) is 4.64. The maximum Gasteiger partial charge on any atom is 0.324 e. The minimum atomic E-state index is -0.568. The summed E-state index contributed by atoms with van der Waals surface area (Å²) in [6.07, 6.45) is 4.25. The predicted molar refractivity (Wildman–Crippen MR) is 109 cm³/mol. The van der Waals surface area contributed by atoms with Gasteiger partial charge in [0.1, 0.15) is 10.1 Å². The monoisotopic (exact) mass is 400 g/mol. The molecule has 0 spiro atoms. The van der Waals surface area contributed by atoms with Gasteiger partial charge in [0, 0.05) is 4.88 Å². The summed E-state index contributed by atoms with van der Waals surface area (Å²) in [7, 11) is 0. The molecule has 140 valence electrons. The van der Waals surface area contributed by atoms with Crippen LogP contribution in [0.2, 0.25) is 0 Å². The van der Waals surface area contributed by atoms with Crippen LogP contribution in [0.1, 0.15) is 41.0 Å². The second-order valence-corrected chi connectivity index (χ2v) is 8.60. The maximum absolute atomic E-state index is 12.7. The van der Waals surface area contributed by atoms with Gasteiger partial charge in [0.15, 0.2) is 5.16 Å². The van der Waals surface area contributed by atoms with Crippen LogP contribution in [0, 0.1) is 0 Å². The van der Waals surface area contributed by atoms with E-state index in [4.69, 9.17) is 4.74 Å². The second-order valence-electron chi connectivity index (χ2n) is 6.42. The molecule has 0 bridgehead atoms. The Balaban J connectivity index is 1.72. The minimum absolute atomic E-state index is 0.113. The van der Waals surface area contributed by atoms with Gasteiger partial charge in [-0.15, -0.1) is 11.3 Å². The minimum Gasteiger partial charge on any atom is -0.465 e. The predicted octanol–water partition coefficient (Wildman–Crippen LogP) is 4.26. The molecule has 0 radical (unpaired) electrons. The number of carbonyl (C=O) groups is 1. The van der Waals surface area contributed by atoms with Crippen molar-refractivity contribution in [3.8, 4) is 0 Å². The fourth-order valence-corrected chi connectivity index (χ4v) is 5.71. The number of H-pyrrole nitrogens is 1. The summed E-state index contributed by atoms with van der Waals surface area (Å²) in [5, 5.41) is 0.612. The topological polar surface area (TPSA) is 72.0 Å². The van der Waals surface area contributed by atoms with Crippen LogP contribution < -0.4 is 5.56 Å². The van der Waals surface area contributed by atoms with Crippen LogP contribution in [0.5, 0.6) is 0 Å². The number of aromatic amines is 1. The van der Waals surface area contributed by atoms with Crippen molar-refractivity contribution in [2.75, 3.05) is 6.61 Å². The number of nitrogens with zero attached hydrogens (tertiary/aromatic N) is 1. The molecule has 3 aromatic rings. The highest BCUT2D eigenvalue weighted by Gasteiger charge is 2.26. The number of nitrogens with one attached hydrogen (secondary N) is 1. The number of hydrogen-bond acceptors (Lipinski definition) is 6. The van der Waals surface area contributed by atoms with E-state index in [2.05, 4.69) is 9.97 Å². The zero-order chi connectivity index (χ0) is 18.8. The number of hydrogen-bond donors (Lipinski definition) is 1. The van der Waals surface area contributed by atoms with E-state index in [1.54, 1.807) is 18.3 Å². The molecule has 2 aromatic heterocycles. The van der Waals surface area contributed by atoms with Crippen molar-refractivity contribution in [1.29, 1.82) is 0 Å². The molecule has 0 amide bonds. The highest BCUT2D eigenvalue weighted by Crippen LogP contribution is 2.37. The molecule has 1 N–H and O–H groups in total. The Morgan fingerprint density at radius 1 is 1.30 bits per heavy atom. The van der Waals surface area contributed by atoms with E-state index in [1.165, 1.54) is 16.6 Å². The Hall–Kier alpha value is -2.12. The number of aryl methyl sites for hydroxylation is 2. The lowest BCUT2D eigenvalue weighted by molar-refractivity contribution is -0.142. The van der Waals surface area contributed by atoms with Gasteiger partial charge in [0.2, 0.25) is 0 Å². The summed E-state index contributed by atoms with van der Waals surface area (Å²) < 4.78 is 5.24. The number of thioether (sulfide) groups is 1. The molecule has 0 saturated heterocycles. The zero-order valence-corrected chi connectivity index (χ0v) is 16.6. The van der Waals surface area contributed by atoms with Crippen molar-refractivity contribution in [3.05, 3.63) is 56.7 Å². The maximum atomic E-state index is 12.7. The molecule has 1 unspecified atom stereocenters. The number of benzene rings is 1. The van der Waals surface area contributed by atoms with E-state index >= 15 is 0 Å². The third-order valence-corrected chi connectivity index (χ3v) is 6.94. The van der Waals surface area contributed by atoms with Crippen molar-refractivity contribution < 1.29 is 9.53 Å². The normalized spacial score (nSPS) is 14.7. The summed E-state index contributed by atoms with van der Waals surface area (Å²) in [6, 6.07) is 9.44. The molecule has 0 saturated carbocycles.